The number of amides is 1. The normalized spacial score (nSPS) is 19.2. The minimum atomic E-state index is -0.312. The Labute approximate surface area is 171 Å². The molecule has 1 aliphatic carbocycles. The molecule has 1 unspecified atom stereocenters. The average Bonchev–Trinajstić information content (AvgIpc) is 2.74. The smallest absolute Gasteiger partial charge is 0.268 e. The van der Waals surface area contributed by atoms with Crippen LogP contribution in [0.2, 0.25) is 0 Å². The minimum Gasteiger partial charge on any atom is -0.336 e. The van der Waals surface area contributed by atoms with E-state index in [9.17, 15) is 14.4 Å². The fourth-order valence-corrected chi connectivity index (χ4v) is 4.66. The number of Topliss-reactive ketones (excluding diaryl/α,β-unsaturated/α-hetero) is 1. The van der Waals surface area contributed by atoms with Crippen molar-refractivity contribution in [2.45, 2.75) is 64.8 Å². The number of piperidine rings is 1. The van der Waals surface area contributed by atoms with Gasteiger partial charge >= 0.3 is 0 Å². The Morgan fingerprint density at radius 2 is 1.83 bits per heavy atom. The maximum Gasteiger partial charge on any atom is 0.268 e. The molecule has 1 aromatic carbocycles. The third-order valence-electron chi connectivity index (χ3n) is 6.30. The third-order valence-corrected chi connectivity index (χ3v) is 6.30. The molecule has 1 aliphatic heterocycles. The summed E-state index contributed by atoms with van der Waals surface area (Å²) in [6.07, 6.45) is 5.78. The molecule has 0 radical (unpaired) electrons. The second-order valence-corrected chi connectivity index (χ2v) is 8.23. The number of benzene rings is 1. The van der Waals surface area contributed by atoms with Gasteiger partial charge in [0.2, 0.25) is 0 Å². The quantitative estimate of drug-likeness (QED) is 0.791. The first-order valence-corrected chi connectivity index (χ1v) is 10.7. The molecule has 1 saturated heterocycles. The average molecular weight is 392 g/mol. The van der Waals surface area contributed by atoms with E-state index in [4.69, 9.17) is 0 Å². The van der Waals surface area contributed by atoms with Crippen LogP contribution in [0.15, 0.2) is 35.1 Å². The van der Waals surface area contributed by atoms with Crippen LogP contribution in [0.25, 0.3) is 5.69 Å². The van der Waals surface area contributed by atoms with Crippen LogP contribution >= 0.6 is 0 Å². The predicted octanol–water partition coefficient (Wildman–Crippen LogP) is 4.07. The molecule has 1 fully saturated rings. The number of carbonyl (C=O) groups excluding carboxylic acids is 2. The SMILES string of the molecule is CCC1CCCCN1C(=O)c1cc2c(n(-c3ccc(C)cc3)c1=O)CCCC2=O. The highest BCUT2D eigenvalue weighted by Gasteiger charge is 2.31. The summed E-state index contributed by atoms with van der Waals surface area (Å²) in [5.41, 5.74) is 2.89. The molecule has 1 aromatic heterocycles. The summed E-state index contributed by atoms with van der Waals surface area (Å²) in [5.74, 6) is -0.213. The molecule has 0 bridgehead atoms. The van der Waals surface area contributed by atoms with Gasteiger partial charge in [-0.25, -0.2) is 0 Å². The van der Waals surface area contributed by atoms with Gasteiger partial charge in [-0.05, 0) is 63.6 Å². The van der Waals surface area contributed by atoms with E-state index in [1.807, 2.05) is 36.1 Å². The van der Waals surface area contributed by atoms with E-state index in [0.717, 1.165) is 43.4 Å². The molecule has 1 amide bonds. The lowest BCUT2D eigenvalue weighted by Gasteiger charge is -2.35. The topological polar surface area (TPSA) is 59.4 Å². The van der Waals surface area contributed by atoms with Gasteiger partial charge in [0.05, 0.1) is 0 Å². The summed E-state index contributed by atoms with van der Waals surface area (Å²) >= 11 is 0. The van der Waals surface area contributed by atoms with Crippen molar-refractivity contribution in [3.8, 4) is 5.69 Å². The largest absolute Gasteiger partial charge is 0.336 e. The lowest BCUT2D eigenvalue weighted by Crippen LogP contribution is -2.46. The Morgan fingerprint density at radius 3 is 2.55 bits per heavy atom. The van der Waals surface area contributed by atoms with Gasteiger partial charge < -0.3 is 4.90 Å². The number of ketones is 1. The summed E-state index contributed by atoms with van der Waals surface area (Å²) < 4.78 is 1.60. The molecule has 0 N–H and O–H groups in total. The highest BCUT2D eigenvalue weighted by Crippen LogP contribution is 2.26. The molecular weight excluding hydrogens is 364 g/mol. The molecule has 2 aromatic rings. The van der Waals surface area contributed by atoms with Gasteiger partial charge in [-0.3, -0.25) is 19.0 Å². The molecule has 2 heterocycles. The number of carbonyl (C=O) groups is 2. The van der Waals surface area contributed by atoms with Crippen molar-refractivity contribution in [1.29, 1.82) is 0 Å². The fourth-order valence-electron chi connectivity index (χ4n) is 4.66. The zero-order chi connectivity index (χ0) is 20.5. The van der Waals surface area contributed by atoms with E-state index in [2.05, 4.69) is 6.92 Å². The van der Waals surface area contributed by atoms with E-state index in [1.54, 1.807) is 10.6 Å². The highest BCUT2D eigenvalue weighted by molar-refractivity contribution is 6.02. The molecule has 5 nitrogen and oxygen atoms in total. The number of likely N-dealkylation sites (tertiary alicyclic amines) is 1. The van der Waals surface area contributed by atoms with Crippen LogP contribution < -0.4 is 5.56 Å². The molecule has 0 spiro atoms. The van der Waals surface area contributed by atoms with Gasteiger partial charge in [-0.2, -0.15) is 0 Å². The monoisotopic (exact) mass is 392 g/mol. The number of aromatic nitrogens is 1. The lowest BCUT2D eigenvalue weighted by molar-refractivity contribution is 0.0605. The maximum atomic E-state index is 13.5. The van der Waals surface area contributed by atoms with Gasteiger partial charge in [0.15, 0.2) is 5.78 Å². The Hall–Kier alpha value is -2.69. The van der Waals surface area contributed by atoms with E-state index in [0.29, 0.717) is 30.6 Å². The van der Waals surface area contributed by atoms with E-state index < -0.39 is 0 Å². The van der Waals surface area contributed by atoms with Crippen LogP contribution in [0.1, 0.15) is 77.4 Å². The summed E-state index contributed by atoms with van der Waals surface area (Å²) in [5, 5.41) is 0. The number of aryl methyl sites for hydroxylation is 1. The van der Waals surface area contributed by atoms with Crippen LogP contribution in [-0.4, -0.2) is 33.7 Å². The van der Waals surface area contributed by atoms with Crippen LogP contribution in [0.5, 0.6) is 0 Å². The van der Waals surface area contributed by atoms with Crippen molar-refractivity contribution < 1.29 is 9.59 Å². The Balaban J connectivity index is 1.89. The van der Waals surface area contributed by atoms with Crippen molar-refractivity contribution in [2.75, 3.05) is 6.54 Å². The van der Waals surface area contributed by atoms with Crippen LogP contribution in [0.4, 0.5) is 0 Å². The number of pyridine rings is 1. The third kappa shape index (κ3) is 3.54. The highest BCUT2D eigenvalue weighted by atomic mass is 16.2. The van der Waals surface area contributed by atoms with E-state index >= 15 is 0 Å². The Kier molecular flexibility index (Phi) is 5.39. The van der Waals surface area contributed by atoms with Crippen molar-refractivity contribution in [3.63, 3.8) is 0 Å². The number of hydrogen-bond donors (Lipinski definition) is 0. The zero-order valence-electron chi connectivity index (χ0n) is 17.2. The van der Waals surface area contributed by atoms with Crippen molar-refractivity contribution in [2.24, 2.45) is 0 Å². The van der Waals surface area contributed by atoms with Crippen molar-refractivity contribution in [3.05, 3.63) is 63.1 Å². The van der Waals surface area contributed by atoms with E-state index in [-0.39, 0.29) is 28.9 Å². The first kappa shape index (κ1) is 19.6. The second kappa shape index (κ2) is 7.97. The van der Waals surface area contributed by atoms with Gasteiger partial charge in [-0.1, -0.05) is 24.6 Å². The Morgan fingerprint density at radius 1 is 1.07 bits per heavy atom. The molecule has 5 heteroatoms. The van der Waals surface area contributed by atoms with Crippen LogP contribution in [-0.2, 0) is 6.42 Å². The first-order valence-electron chi connectivity index (χ1n) is 10.7. The molecule has 4 rings (SSSR count). The zero-order valence-corrected chi connectivity index (χ0v) is 17.2. The van der Waals surface area contributed by atoms with E-state index in [1.165, 1.54) is 0 Å². The summed E-state index contributed by atoms with van der Waals surface area (Å²) in [7, 11) is 0. The number of rotatable bonds is 3. The molecule has 1 atom stereocenters. The van der Waals surface area contributed by atoms with Gasteiger partial charge in [-0.15, -0.1) is 0 Å². The fraction of sp³-hybridized carbons (Fsp3) is 0.458. The van der Waals surface area contributed by atoms with Gasteiger partial charge in [0.1, 0.15) is 5.56 Å². The predicted molar refractivity (Wildman–Crippen MR) is 113 cm³/mol. The first-order chi connectivity index (χ1) is 14.0. The van der Waals surface area contributed by atoms with Crippen molar-refractivity contribution >= 4 is 11.7 Å². The maximum absolute atomic E-state index is 13.5. The summed E-state index contributed by atoms with van der Waals surface area (Å²) in [4.78, 5) is 41.4. The number of nitrogens with zero attached hydrogens (tertiary/aromatic N) is 2. The molecule has 29 heavy (non-hydrogen) atoms. The summed E-state index contributed by atoms with van der Waals surface area (Å²) in [6, 6.07) is 9.42. The van der Waals surface area contributed by atoms with Crippen LogP contribution in [0, 0.1) is 6.92 Å². The summed E-state index contributed by atoms with van der Waals surface area (Å²) in [6.45, 7) is 4.75. The molecule has 0 saturated carbocycles. The second-order valence-electron chi connectivity index (χ2n) is 8.23. The number of fused-ring (bicyclic) bond motifs is 1. The molecular formula is C24H28N2O3. The van der Waals surface area contributed by atoms with Gasteiger partial charge in [0.25, 0.3) is 11.5 Å². The lowest BCUT2D eigenvalue weighted by atomic mass is 9.92. The Bertz CT molecular complexity index is 1000. The standard InChI is InChI=1S/C24H28N2O3/c1-3-17-7-4-5-14-25(17)23(28)20-15-19-21(8-6-9-22(19)27)26(24(20)29)18-12-10-16(2)11-13-18/h10-13,15,17H,3-9,14H2,1-2H3. The number of hydrogen-bond acceptors (Lipinski definition) is 3. The molecule has 2 aliphatic rings. The van der Waals surface area contributed by atoms with Crippen molar-refractivity contribution in [1.82, 2.24) is 9.47 Å². The molecule has 152 valence electrons. The minimum absolute atomic E-state index is 0.0202. The van der Waals surface area contributed by atoms with Gasteiger partial charge in [0, 0.05) is 36.0 Å². The van der Waals surface area contributed by atoms with Crippen LogP contribution in [0.3, 0.4) is 0 Å².